The average Bonchev–Trinajstić information content (AvgIpc) is 2.46. The Kier molecular flexibility index (Phi) is 3.02. The van der Waals surface area contributed by atoms with Crippen molar-refractivity contribution in [2.24, 2.45) is 0 Å². The van der Waals surface area contributed by atoms with E-state index in [2.05, 4.69) is 15.0 Å². The topological polar surface area (TPSA) is 47.9 Å². The van der Waals surface area contributed by atoms with Crippen LogP contribution in [-0.4, -0.2) is 22.1 Å². The maximum absolute atomic E-state index is 13.8. The zero-order valence-corrected chi connectivity index (χ0v) is 11.1. The molecule has 2 heterocycles. The fourth-order valence-electron chi connectivity index (χ4n) is 2.08. The Labute approximate surface area is 115 Å². The van der Waals surface area contributed by atoms with Crippen LogP contribution >= 0.6 is 0 Å². The van der Waals surface area contributed by atoms with Crippen molar-refractivity contribution in [2.75, 3.05) is 7.11 Å². The molecule has 5 heteroatoms. The van der Waals surface area contributed by atoms with E-state index in [1.54, 1.807) is 18.6 Å². The summed E-state index contributed by atoms with van der Waals surface area (Å²) in [6, 6.07) is 5.57. The molecule has 0 unspecified atom stereocenters. The highest BCUT2D eigenvalue weighted by atomic mass is 19.1. The van der Waals surface area contributed by atoms with Crippen LogP contribution in [0.3, 0.4) is 0 Å². The summed E-state index contributed by atoms with van der Waals surface area (Å²) in [6.45, 7) is 1.85. The molecule has 0 radical (unpaired) electrons. The van der Waals surface area contributed by atoms with Crippen molar-refractivity contribution in [3.63, 3.8) is 0 Å². The van der Waals surface area contributed by atoms with Crippen LogP contribution in [0, 0.1) is 12.7 Å². The van der Waals surface area contributed by atoms with Crippen LogP contribution in [0.2, 0.25) is 0 Å². The lowest BCUT2D eigenvalue weighted by molar-refractivity contribution is 0.380. The molecule has 3 aromatic rings. The number of hydrogen-bond donors (Lipinski definition) is 0. The van der Waals surface area contributed by atoms with E-state index < -0.39 is 0 Å². The first-order chi connectivity index (χ1) is 9.67. The maximum Gasteiger partial charge on any atom is 0.316 e. The first kappa shape index (κ1) is 12.5. The summed E-state index contributed by atoms with van der Waals surface area (Å²) in [7, 11) is 1.51. The van der Waals surface area contributed by atoms with Crippen molar-refractivity contribution < 1.29 is 9.13 Å². The molecule has 20 heavy (non-hydrogen) atoms. The van der Waals surface area contributed by atoms with Crippen molar-refractivity contribution in [3.8, 4) is 17.1 Å². The predicted octanol–water partition coefficient (Wildman–Crippen LogP) is 3.15. The highest BCUT2D eigenvalue weighted by molar-refractivity contribution is 5.84. The van der Waals surface area contributed by atoms with Gasteiger partial charge >= 0.3 is 6.01 Å². The maximum atomic E-state index is 13.8. The van der Waals surface area contributed by atoms with Crippen molar-refractivity contribution in [2.45, 2.75) is 6.92 Å². The molecule has 0 amide bonds. The Bertz CT molecular complexity index is 772. The minimum atomic E-state index is -0.308. The third-order valence-electron chi connectivity index (χ3n) is 3.03. The van der Waals surface area contributed by atoms with Crippen LogP contribution in [-0.2, 0) is 0 Å². The van der Waals surface area contributed by atoms with Gasteiger partial charge in [0.15, 0.2) is 0 Å². The van der Waals surface area contributed by atoms with Crippen LogP contribution in [0.15, 0.2) is 36.8 Å². The number of methoxy groups -OCH3 is 1. The van der Waals surface area contributed by atoms with Crippen molar-refractivity contribution in [1.29, 1.82) is 0 Å². The Morgan fingerprint density at radius 3 is 2.35 bits per heavy atom. The van der Waals surface area contributed by atoms with Gasteiger partial charge in [-0.15, -0.1) is 0 Å². The normalized spacial score (nSPS) is 10.8. The van der Waals surface area contributed by atoms with Gasteiger partial charge in [-0.1, -0.05) is 0 Å². The molecule has 0 saturated heterocycles. The Hall–Kier alpha value is -2.56. The second-order valence-corrected chi connectivity index (χ2v) is 4.50. The van der Waals surface area contributed by atoms with Crippen LogP contribution in [0.4, 0.5) is 4.39 Å². The predicted molar refractivity (Wildman–Crippen MR) is 74.0 cm³/mol. The van der Waals surface area contributed by atoms with E-state index in [0.717, 1.165) is 22.1 Å². The number of halogens is 1. The minimum Gasteiger partial charge on any atom is -0.467 e. The van der Waals surface area contributed by atoms with E-state index in [0.29, 0.717) is 11.5 Å². The molecule has 0 saturated carbocycles. The van der Waals surface area contributed by atoms with E-state index in [1.165, 1.54) is 13.2 Å². The number of ether oxygens (including phenoxy) is 1. The second kappa shape index (κ2) is 4.85. The molecule has 0 atom stereocenters. The summed E-state index contributed by atoms with van der Waals surface area (Å²) in [6.07, 6.45) is 4.92. The van der Waals surface area contributed by atoms with Gasteiger partial charge in [0, 0.05) is 35.1 Å². The number of pyridine rings is 1. The molecule has 0 aliphatic carbocycles. The number of aryl methyl sites for hydroxylation is 1. The zero-order chi connectivity index (χ0) is 14.1. The SMILES string of the molecule is COc1ncc(-c2cnc3c(F)cc(C)cc3c2)cn1. The van der Waals surface area contributed by atoms with Crippen LogP contribution in [0.5, 0.6) is 6.01 Å². The van der Waals surface area contributed by atoms with Gasteiger partial charge in [0.25, 0.3) is 0 Å². The van der Waals surface area contributed by atoms with Gasteiger partial charge in [-0.25, -0.2) is 14.4 Å². The average molecular weight is 269 g/mol. The molecule has 0 aliphatic rings. The smallest absolute Gasteiger partial charge is 0.316 e. The van der Waals surface area contributed by atoms with Gasteiger partial charge in [0.1, 0.15) is 11.3 Å². The van der Waals surface area contributed by atoms with Crippen LogP contribution < -0.4 is 4.74 Å². The summed E-state index contributed by atoms with van der Waals surface area (Å²) in [5, 5.41) is 0.760. The molecular weight excluding hydrogens is 257 g/mol. The lowest BCUT2D eigenvalue weighted by atomic mass is 10.1. The van der Waals surface area contributed by atoms with Crippen LogP contribution in [0.1, 0.15) is 5.56 Å². The molecular formula is C15H12FN3O. The zero-order valence-electron chi connectivity index (χ0n) is 11.1. The molecule has 0 aliphatic heterocycles. The van der Waals surface area contributed by atoms with Crippen molar-refractivity contribution >= 4 is 10.9 Å². The lowest BCUT2D eigenvalue weighted by Gasteiger charge is -2.05. The molecule has 0 fully saturated rings. The molecule has 1 aromatic carbocycles. The molecule has 0 spiro atoms. The number of rotatable bonds is 2. The van der Waals surface area contributed by atoms with Crippen LogP contribution in [0.25, 0.3) is 22.0 Å². The standard InChI is InChI=1S/C15H12FN3O/c1-9-3-10-5-11(6-17-14(10)13(16)4-9)12-7-18-15(20-2)19-8-12/h3-8H,1-2H3. The van der Waals surface area contributed by atoms with E-state index in [9.17, 15) is 4.39 Å². The number of hydrogen-bond acceptors (Lipinski definition) is 4. The van der Waals surface area contributed by atoms with Crippen molar-refractivity contribution in [3.05, 3.63) is 48.2 Å². The van der Waals surface area contributed by atoms with E-state index in [-0.39, 0.29) is 5.82 Å². The van der Waals surface area contributed by atoms with Crippen molar-refractivity contribution in [1.82, 2.24) is 15.0 Å². The molecule has 0 N–H and O–H groups in total. The minimum absolute atomic E-state index is 0.308. The van der Waals surface area contributed by atoms with E-state index in [4.69, 9.17) is 4.74 Å². The summed E-state index contributed by atoms with van der Waals surface area (Å²) >= 11 is 0. The molecule has 2 aromatic heterocycles. The lowest BCUT2D eigenvalue weighted by Crippen LogP contribution is -1.92. The fraction of sp³-hybridized carbons (Fsp3) is 0.133. The first-order valence-electron chi connectivity index (χ1n) is 6.09. The highest BCUT2D eigenvalue weighted by Crippen LogP contribution is 2.24. The third-order valence-corrected chi connectivity index (χ3v) is 3.03. The number of benzene rings is 1. The highest BCUT2D eigenvalue weighted by Gasteiger charge is 2.07. The Morgan fingerprint density at radius 1 is 0.950 bits per heavy atom. The van der Waals surface area contributed by atoms with Gasteiger partial charge in [-0.05, 0) is 30.7 Å². The Morgan fingerprint density at radius 2 is 1.65 bits per heavy atom. The first-order valence-corrected chi connectivity index (χ1v) is 6.09. The molecule has 4 nitrogen and oxygen atoms in total. The number of aromatic nitrogens is 3. The quantitative estimate of drug-likeness (QED) is 0.717. The molecule has 0 bridgehead atoms. The number of fused-ring (bicyclic) bond motifs is 1. The molecule has 100 valence electrons. The summed E-state index contributed by atoms with van der Waals surface area (Å²) in [5.41, 5.74) is 2.88. The van der Waals surface area contributed by atoms with Gasteiger partial charge in [0.05, 0.1) is 7.11 Å². The summed E-state index contributed by atoms with van der Waals surface area (Å²) < 4.78 is 18.7. The number of nitrogens with zero attached hydrogens (tertiary/aromatic N) is 3. The third kappa shape index (κ3) is 2.18. The summed E-state index contributed by atoms with van der Waals surface area (Å²) in [5.74, 6) is -0.308. The largest absolute Gasteiger partial charge is 0.467 e. The second-order valence-electron chi connectivity index (χ2n) is 4.50. The van der Waals surface area contributed by atoms with Gasteiger partial charge in [-0.2, -0.15) is 0 Å². The Balaban J connectivity index is 2.12. The van der Waals surface area contributed by atoms with E-state index >= 15 is 0 Å². The fourth-order valence-corrected chi connectivity index (χ4v) is 2.08. The summed E-state index contributed by atoms with van der Waals surface area (Å²) in [4.78, 5) is 12.3. The molecule has 3 rings (SSSR count). The van der Waals surface area contributed by atoms with Gasteiger partial charge in [-0.3, -0.25) is 4.98 Å². The van der Waals surface area contributed by atoms with Gasteiger partial charge in [0.2, 0.25) is 0 Å². The monoisotopic (exact) mass is 269 g/mol. The van der Waals surface area contributed by atoms with E-state index in [1.807, 2.05) is 19.1 Å². The van der Waals surface area contributed by atoms with Gasteiger partial charge < -0.3 is 4.74 Å².